The molecular weight excluding hydrogens is 320 g/mol. The minimum absolute atomic E-state index is 0.527. The van der Waals surface area contributed by atoms with Crippen LogP contribution in [0.1, 0.15) is 18.6 Å². The molecule has 0 aromatic carbocycles. The molecule has 0 spiro atoms. The molecule has 3 rings (SSSR count). The Morgan fingerprint density at radius 3 is 2.65 bits per heavy atom. The van der Waals surface area contributed by atoms with E-state index in [2.05, 4.69) is 36.1 Å². The van der Waals surface area contributed by atoms with Crippen LogP contribution in [0, 0.1) is 0 Å². The number of nitrogens with zero attached hydrogens (tertiary/aromatic N) is 3. The molecule has 0 unspecified atom stereocenters. The van der Waals surface area contributed by atoms with Crippen LogP contribution in [0.3, 0.4) is 0 Å². The smallest absolute Gasteiger partial charge is 0.225 e. The molecule has 0 atom stereocenters. The molecule has 0 radical (unpaired) electrons. The number of anilines is 1. The number of rotatable bonds is 4. The number of aromatic nitrogens is 2. The van der Waals surface area contributed by atoms with Crippen molar-refractivity contribution in [2.45, 2.75) is 25.4 Å². The fourth-order valence-corrected chi connectivity index (χ4v) is 2.77. The second-order valence-corrected chi connectivity index (χ2v) is 5.68. The van der Waals surface area contributed by atoms with E-state index in [1.54, 1.807) is 12.4 Å². The van der Waals surface area contributed by atoms with Crippen LogP contribution in [0.5, 0.6) is 0 Å². The Kier molecular flexibility index (Phi) is 4.32. The highest BCUT2D eigenvalue weighted by molar-refractivity contribution is 9.10. The first kappa shape index (κ1) is 13.6. The molecule has 2 aromatic rings. The summed E-state index contributed by atoms with van der Waals surface area (Å²) < 4.78 is 6.27. The summed E-state index contributed by atoms with van der Waals surface area (Å²) in [6, 6.07) is 6.29. The van der Waals surface area contributed by atoms with Gasteiger partial charge in [-0.1, -0.05) is 0 Å². The second kappa shape index (κ2) is 6.37. The molecule has 1 aliphatic rings. The van der Waals surface area contributed by atoms with Crippen LogP contribution in [0.2, 0.25) is 0 Å². The van der Waals surface area contributed by atoms with Crippen LogP contribution in [0.15, 0.2) is 39.7 Å². The van der Waals surface area contributed by atoms with Gasteiger partial charge in [0.25, 0.3) is 0 Å². The van der Waals surface area contributed by atoms with Gasteiger partial charge in [0.05, 0.1) is 6.54 Å². The first-order chi connectivity index (χ1) is 9.81. The van der Waals surface area contributed by atoms with Crippen molar-refractivity contribution in [2.75, 3.05) is 18.0 Å². The Labute approximate surface area is 126 Å². The van der Waals surface area contributed by atoms with Crippen LogP contribution in [0.4, 0.5) is 5.95 Å². The van der Waals surface area contributed by atoms with Crippen molar-refractivity contribution in [3.05, 3.63) is 41.0 Å². The molecule has 1 saturated heterocycles. The summed E-state index contributed by atoms with van der Waals surface area (Å²) in [6.07, 6.45) is 5.78. The average Bonchev–Trinajstić information content (AvgIpc) is 2.92. The maximum atomic E-state index is 5.49. The van der Waals surface area contributed by atoms with E-state index in [1.807, 2.05) is 18.2 Å². The van der Waals surface area contributed by atoms with E-state index in [0.717, 1.165) is 48.9 Å². The van der Waals surface area contributed by atoms with Crippen LogP contribution in [-0.2, 0) is 6.54 Å². The zero-order chi connectivity index (χ0) is 13.8. The van der Waals surface area contributed by atoms with Crippen LogP contribution in [-0.4, -0.2) is 29.1 Å². The molecule has 6 heteroatoms. The Balaban J connectivity index is 1.47. The van der Waals surface area contributed by atoms with Gasteiger partial charge in [0.15, 0.2) is 4.67 Å². The van der Waals surface area contributed by atoms with Crippen molar-refractivity contribution in [1.82, 2.24) is 15.3 Å². The normalized spacial score (nSPS) is 16.6. The van der Waals surface area contributed by atoms with E-state index >= 15 is 0 Å². The lowest BCUT2D eigenvalue weighted by molar-refractivity contribution is 0.383. The third-order valence-electron chi connectivity index (χ3n) is 3.52. The molecule has 1 aliphatic heterocycles. The number of hydrogen-bond donors (Lipinski definition) is 1. The molecule has 1 fully saturated rings. The maximum Gasteiger partial charge on any atom is 0.225 e. The van der Waals surface area contributed by atoms with Gasteiger partial charge in [0.1, 0.15) is 5.76 Å². The number of nitrogens with one attached hydrogen (secondary N) is 1. The van der Waals surface area contributed by atoms with Crippen molar-refractivity contribution < 1.29 is 4.42 Å². The zero-order valence-electron chi connectivity index (χ0n) is 11.1. The molecular formula is C14H17BrN4O. The average molecular weight is 337 g/mol. The Hall–Kier alpha value is -1.40. The molecule has 106 valence electrons. The van der Waals surface area contributed by atoms with Gasteiger partial charge in [-0.3, -0.25) is 0 Å². The van der Waals surface area contributed by atoms with Crippen LogP contribution >= 0.6 is 15.9 Å². The summed E-state index contributed by atoms with van der Waals surface area (Å²) in [6.45, 7) is 2.76. The van der Waals surface area contributed by atoms with Gasteiger partial charge in [-0.15, -0.1) is 0 Å². The molecule has 1 N–H and O–H groups in total. The third kappa shape index (κ3) is 3.37. The summed E-state index contributed by atoms with van der Waals surface area (Å²) in [5, 5.41) is 3.54. The summed E-state index contributed by atoms with van der Waals surface area (Å²) in [5.41, 5.74) is 0. The van der Waals surface area contributed by atoms with Gasteiger partial charge in [0, 0.05) is 31.5 Å². The highest BCUT2D eigenvalue weighted by Crippen LogP contribution is 2.17. The van der Waals surface area contributed by atoms with E-state index < -0.39 is 0 Å². The highest BCUT2D eigenvalue weighted by atomic mass is 79.9. The molecule has 0 bridgehead atoms. The van der Waals surface area contributed by atoms with E-state index in [0.29, 0.717) is 6.04 Å². The molecule has 5 nitrogen and oxygen atoms in total. The number of hydrogen-bond acceptors (Lipinski definition) is 5. The van der Waals surface area contributed by atoms with Gasteiger partial charge in [-0.05, 0) is 47.0 Å². The number of furan rings is 1. The third-order valence-corrected chi connectivity index (χ3v) is 3.95. The second-order valence-electron chi connectivity index (χ2n) is 4.90. The Morgan fingerprint density at radius 2 is 2.00 bits per heavy atom. The van der Waals surface area contributed by atoms with Crippen LogP contribution in [0.25, 0.3) is 0 Å². The van der Waals surface area contributed by atoms with E-state index in [1.165, 1.54) is 0 Å². The molecule has 0 saturated carbocycles. The first-order valence-corrected chi connectivity index (χ1v) is 7.60. The summed E-state index contributed by atoms with van der Waals surface area (Å²) in [4.78, 5) is 10.8. The lowest BCUT2D eigenvalue weighted by atomic mass is 10.1. The van der Waals surface area contributed by atoms with Crippen molar-refractivity contribution >= 4 is 21.9 Å². The van der Waals surface area contributed by atoms with Crippen molar-refractivity contribution in [1.29, 1.82) is 0 Å². The van der Waals surface area contributed by atoms with Gasteiger partial charge >= 0.3 is 0 Å². The SMILES string of the molecule is Brc1ccc(CNC2CCN(c3ncccn3)CC2)o1. The minimum atomic E-state index is 0.527. The molecule has 0 amide bonds. The van der Waals surface area contributed by atoms with Gasteiger partial charge < -0.3 is 14.6 Å². The molecule has 20 heavy (non-hydrogen) atoms. The van der Waals surface area contributed by atoms with Crippen molar-refractivity contribution in [3.8, 4) is 0 Å². The van der Waals surface area contributed by atoms with E-state index in [4.69, 9.17) is 4.42 Å². The summed E-state index contributed by atoms with van der Waals surface area (Å²) in [5.74, 6) is 1.80. The van der Waals surface area contributed by atoms with E-state index in [9.17, 15) is 0 Å². The van der Waals surface area contributed by atoms with E-state index in [-0.39, 0.29) is 0 Å². The maximum absolute atomic E-state index is 5.49. The Morgan fingerprint density at radius 1 is 1.25 bits per heavy atom. The number of halogens is 1. The summed E-state index contributed by atoms with van der Waals surface area (Å²) >= 11 is 3.32. The van der Waals surface area contributed by atoms with Gasteiger partial charge in [-0.2, -0.15) is 0 Å². The largest absolute Gasteiger partial charge is 0.453 e. The monoisotopic (exact) mass is 336 g/mol. The predicted molar refractivity (Wildman–Crippen MR) is 80.5 cm³/mol. The topological polar surface area (TPSA) is 54.2 Å². The Bertz CT molecular complexity index is 537. The fraction of sp³-hybridized carbons (Fsp3) is 0.429. The minimum Gasteiger partial charge on any atom is -0.453 e. The molecule has 3 heterocycles. The van der Waals surface area contributed by atoms with Gasteiger partial charge in [-0.25, -0.2) is 9.97 Å². The zero-order valence-corrected chi connectivity index (χ0v) is 12.7. The molecule has 0 aliphatic carbocycles. The quantitative estimate of drug-likeness (QED) is 0.929. The standard InChI is InChI=1S/C14H17BrN4O/c15-13-3-2-12(20-13)10-18-11-4-8-19(9-5-11)14-16-6-1-7-17-14/h1-3,6-7,11,18H,4-5,8-10H2. The highest BCUT2D eigenvalue weighted by Gasteiger charge is 2.20. The first-order valence-electron chi connectivity index (χ1n) is 6.81. The van der Waals surface area contributed by atoms with Crippen molar-refractivity contribution in [2.24, 2.45) is 0 Å². The lowest BCUT2D eigenvalue weighted by Gasteiger charge is -2.32. The number of piperidine rings is 1. The lowest BCUT2D eigenvalue weighted by Crippen LogP contribution is -2.42. The van der Waals surface area contributed by atoms with Crippen molar-refractivity contribution in [3.63, 3.8) is 0 Å². The molecule has 2 aromatic heterocycles. The fourth-order valence-electron chi connectivity index (χ4n) is 2.43. The summed E-state index contributed by atoms with van der Waals surface area (Å²) in [7, 11) is 0. The van der Waals surface area contributed by atoms with Crippen LogP contribution < -0.4 is 10.2 Å². The predicted octanol–water partition coefficient (Wildman–Crippen LogP) is 2.59. The van der Waals surface area contributed by atoms with Gasteiger partial charge in [0.2, 0.25) is 5.95 Å².